The van der Waals surface area contributed by atoms with Crippen LogP contribution >= 0.6 is 0 Å². The summed E-state index contributed by atoms with van der Waals surface area (Å²) in [5.41, 5.74) is 0.759. The molecule has 1 saturated heterocycles. The molecule has 1 aliphatic heterocycles. The van der Waals surface area contributed by atoms with Gasteiger partial charge in [0, 0.05) is 45.6 Å². The Bertz CT molecular complexity index is 649. The Morgan fingerprint density at radius 2 is 1.83 bits per heavy atom. The van der Waals surface area contributed by atoms with Crippen LogP contribution in [0.1, 0.15) is 17.7 Å². The number of piperazine rings is 1. The number of carbonyl (C=O) groups is 1. The van der Waals surface area contributed by atoms with E-state index < -0.39 is 0 Å². The van der Waals surface area contributed by atoms with Gasteiger partial charge in [0.15, 0.2) is 0 Å². The first-order chi connectivity index (χ1) is 11.7. The van der Waals surface area contributed by atoms with Gasteiger partial charge in [0.1, 0.15) is 11.6 Å². The second-order valence-electron chi connectivity index (χ2n) is 6.14. The zero-order valence-corrected chi connectivity index (χ0v) is 13.8. The normalized spacial score (nSPS) is 15.6. The molecule has 0 unspecified atom stereocenters. The van der Waals surface area contributed by atoms with Crippen molar-refractivity contribution in [1.82, 2.24) is 9.80 Å². The van der Waals surface area contributed by atoms with Crippen molar-refractivity contribution in [2.45, 2.75) is 19.3 Å². The SMILES string of the molecule is O=C(CCc1ccco1)N1CCN(CCc2ccccc2F)CC1. The topological polar surface area (TPSA) is 36.7 Å². The lowest BCUT2D eigenvalue weighted by atomic mass is 10.1. The first-order valence-electron chi connectivity index (χ1n) is 8.48. The van der Waals surface area contributed by atoms with E-state index in [9.17, 15) is 9.18 Å². The molecule has 0 aliphatic carbocycles. The highest BCUT2D eigenvalue weighted by Crippen LogP contribution is 2.11. The molecule has 0 atom stereocenters. The van der Waals surface area contributed by atoms with Crippen molar-refractivity contribution in [3.05, 3.63) is 59.8 Å². The van der Waals surface area contributed by atoms with Gasteiger partial charge in [-0.1, -0.05) is 18.2 Å². The molecule has 4 nitrogen and oxygen atoms in total. The predicted molar refractivity (Wildman–Crippen MR) is 90.2 cm³/mol. The molecule has 1 aromatic carbocycles. The standard InChI is InChI=1S/C19H23FN2O2/c20-18-6-2-1-4-16(18)9-10-21-11-13-22(14-12-21)19(23)8-7-17-5-3-15-24-17/h1-6,15H,7-14H2. The third-order valence-electron chi connectivity index (χ3n) is 4.55. The molecule has 5 heteroatoms. The van der Waals surface area contributed by atoms with Gasteiger partial charge in [-0.25, -0.2) is 4.39 Å². The average molecular weight is 330 g/mol. The van der Waals surface area contributed by atoms with Crippen LogP contribution in [-0.4, -0.2) is 48.4 Å². The number of amides is 1. The van der Waals surface area contributed by atoms with Crippen LogP contribution in [0.4, 0.5) is 4.39 Å². The van der Waals surface area contributed by atoms with E-state index in [1.54, 1.807) is 12.3 Å². The van der Waals surface area contributed by atoms with E-state index in [4.69, 9.17) is 4.42 Å². The molecule has 0 spiro atoms. The molecular weight excluding hydrogens is 307 g/mol. The molecule has 1 amide bonds. The van der Waals surface area contributed by atoms with Gasteiger partial charge in [-0.2, -0.15) is 0 Å². The van der Waals surface area contributed by atoms with E-state index in [1.807, 2.05) is 29.2 Å². The molecular formula is C19H23FN2O2. The molecule has 128 valence electrons. The number of halogens is 1. The zero-order valence-electron chi connectivity index (χ0n) is 13.8. The number of hydrogen-bond acceptors (Lipinski definition) is 3. The molecule has 2 heterocycles. The highest BCUT2D eigenvalue weighted by Gasteiger charge is 2.21. The van der Waals surface area contributed by atoms with Gasteiger partial charge in [0.05, 0.1) is 6.26 Å². The summed E-state index contributed by atoms with van der Waals surface area (Å²) < 4.78 is 18.9. The maximum atomic E-state index is 13.6. The summed E-state index contributed by atoms with van der Waals surface area (Å²) in [6.45, 7) is 4.01. The van der Waals surface area contributed by atoms with E-state index in [0.29, 0.717) is 19.3 Å². The fourth-order valence-electron chi connectivity index (χ4n) is 3.04. The maximum Gasteiger partial charge on any atom is 0.223 e. The Hall–Kier alpha value is -2.14. The van der Waals surface area contributed by atoms with E-state index in [-0.39, 0.29) is 11.7 Å². The van der Waals surface area contributed by atoms with Crippen molar-refractivity contribution in [3.8, 4) is 0 Å². The van der Waals surface area contributed by atoms with Crippen molar-refractivity contribution >= 4 is 5.91 Å². The van der Waals surface area contributed by atoms with Gasteiger partial charge in [0.25, 0.3) is 0 Å². The highest BCUT2D eigenvalue weighted by molar-refractivity contribution is 5.76. The van der Waals surface area contributed by atoms with Crippen LogP contribution in [0.5, 0.6) is 0 Å². The second kappa shape index (κ2) is 8.11. The molecule has 2 aromatic rings. The third-order valence-corrected chi connectivity index (χ3v) is 4.55. The number of rotatable bonds is 6. The van der Waals surface area contributed by atoms with Crippen molar-refractivity contribution in [1.29, 1.82) is 0 Å². The van der Waals surface area contributed by atoms with Crippen molar-refractivity contribution in [2.75, 3.05) is 32.7 Å². The molecule has 1 fully saturated rings. The Balaban J connectivity index is 1.39. The summed E-state index contributed by atoms with van der Waals surface area (Å²) in [6.07, 6.45) is 3.48. The molecule has 0 N–H and O–H groups in total. The Morgan fingerprint density at radius 3 is 2.54 bits per heavy atom. The summed E-state index contributed by atoms with van der Waals surface area (Å²) in [4.78, 5) is 16.5. The minimum atomic E-state index is -0.135. The summed E-state index contributed by atoms with van der Waals surface area (Å²) in [5.74, 6) is 0.899. The number of aryl methyl sites for hydroxylation is 1. The summed E-state index contributed by atoms with van der Waals surface area (Å²) in [5, 5.41) is 0. The number of benzene rings is 1. The molecule has 0 radical (unpaired) electrons. The quantitative estimate of drug-likeness (QED) is 0.817. The van der Waals surface area contributed by atoms with Crippen LogP contribution in [0.25, 0.3) is 0 Å². The average Bonchev–Trinajstić information content (AvgIpc) is 3.13. The maximum absolute atomic E-state index is 13.6. The van der Waals surface area contributed by atoms with Crippen molar-refractivity contribution in [3.63, 3.8) is 0 Å². The van der Waals surface area contributed by atoms with Crippen molar-refractivity contribution in [2.24, 2.45) is 0 Å². The predicted octanol–water partition coefficient (Wildman–Crippen LogP) is 2.74. The smallest absolute Gasteiger partial charge is 0.223 e. The van der Waals surface area contributed by atoms with Crippen LogP contribution in [-0.2, 0) is 17.6 Å². The van der Waals surface area contributed by atoms with Crippen LogP contribution < -0.4 is 0 Å². The zero-order chi connectivity index (χ0) is 16.8. The van der Waals surface area contributed by atoms with Gasteiger partial charge < -0.3 is 9.32 Å². The van der Waals surface area contributed by atoms with Crippen LogP contribution in [0.2, 0.25) is 0 Å². The van der Waals surface area contributed by atoms with E-state index in [1.165, 1.54) is 6.07 Å². The van der Waals surface area contributed by atoms with Gasteiger partial charge >= 0.3 is 0 Å². The van der Waals surface area contributed by atoms with Crippen LogP contribution in [0.15, 0.2) is 47.1 Å². The summed E-state index contributed by atoms with van der Waals surface area (Å²) >= 11 is 0. The molecule has 0 saturated carbocycles. The van der Waals surface area contributed by atoms with Gasteiger partial charge in [-0.15, -0.1) is 0 Å². The molecule has 24 heavy (non-hydrogen) atoms. The molecule has 1 aliphatic rings. The van der Waals surface area contributed by atoms with Crippen LogP contribution in [0, 0.1) is 5.82 Å². The fraction of sp³-hybridized carbons (Fsp3) is 0.421. The van der Waals surface area contributed by atoms with Gasteiger partial charge in [-0.05, 0) is 30.2 Å². The Morgan fingerprint density at radius 1 is 1.04 bits per heavy atom. The van der Waals surface area contributed by atoms with Crippen molar-refractivity contribution < 1.29 is 13.6 Å². The summed E-state index contributed by atoms with van der Waals surface area (Å²) in [6, 6.07) is 10.7. The third kappa shape index (κ3) is 4.45. The lowest BCUT2D eigenvalue weighted by molar-refractivity contribution is -0.132. The molecule has 0 bridgehead atoms. The van der Waals surface area contributed by atoms with E-state index in [2.05, 4.69) is 4.90 Å². The van der Waals surface area contributed by atoms with Gasteiger partial charge in [0.2, 0.25) is 5.91 Å². The van der Waals surface area contributed by atoms with Gasteiger partial charge in [-0.3, -0.25) is 9.69 Å². The number of carbonyl (C=O) groups excluding carboxylic acids is 1. The number of hydrogen-bond donors (Lipinski definition) is 0. The number of furan rings is 1. The van der Waals surface area contributed by atoms with E-state index >= 15 is 0 Å². The lowest BCUT2D eigenvalue weighted by Gasteiger charge is -2.34. The fourth-order valence-corrected chi connectivity index (χ4v) is 3.04. The molecule has 1 aromatic heterocycles. The minimum absolute atomic E-state index is 0.135. The second-order valence-corrected chi connectivity index (χ2v) is 6.14. The van der Waals surface area contributed by atoms with Crippen LogP contribution in [0.3, 0.4) is 0 Å². The lowest BCUT2D eigenvalue weighted by Crippen LogP contribution is -2.49. The largest absolute Gasteiger partial charge is 0.469 e. The Labute approximate surface area is 141 Å². The Kier molecular flexibility index (Phi) is 5.64. The first-order valence-corrected chi connectivity index (χ1v) is 8.48. The minimum Gasteiger partial charge on any atom is -0.469 e. The first kappa shape index (κ1) is 16.7. The summed E-state index contributed by atoms with van der Waals surface area (Å²) in [7, 11) is 0. The highest BCUT2D eigenvalue weighted by atomic mass is 19.1. The monoisotopic (exact) mass is 330 g/mol. The molecule has 3 rings (SSSR count). The van der Waals surface area contributed by atoms with E-state index in [0.717, 1.165) is 44.0 Å². The number of nitrogens with zero attached hydrogens (tertiary/aromatic N) is 2.